The van der Waals surface area contributed by atoms with E-state index in [2.05, 4.69) is 5.32 Å². The van der Waals surface area contributed by atoms with Crippen molar-refractivity contribution < 1.29 is 37.1 Å². The van der Waals surface area contributed by atoms with E-state index in [9.17, 15) is 37.1 Å². The van der Waals surface area contributed by atoms with Gasteiger partial charge in [-0.15, -0.1) is 0 Å². The Labute approximate surface area is 145 Å². The van der Waals surface area contributed by atoms with Crippen LogP contribution in [0.25, 0.3) is 0 Å². The molecule has 2 unspecified atom stereocenters. The number of aliphatic carboxylic acids is 1. The number of likely N-dealkylation sites (tertiary alicyclic amines) is 1. The van der Waals surface area contributed by atoms with Crippen molar-refractivity contribution in [1.82, 2.24) is 10.2 Å². The third-order valence-electron chi connectivity index (χ3n) is 4.18. The summed E-state index contributed by atoms with van der Waals surface area (Å²) in [5.74, 6) is -4.84. The predicted octanol–water partition coefficient (Wildman–Crippen LogP) is 1.65. The Hall–Kier alpha value is -2.65. The van der Waals surface area contributed by atoms with E-state index in [0.717, 1.165) is 12.1 Å². The first-order chi connectivity index (χ1) is 11.9. The number of amides is 2. The lowest BCUT2D eigenvalue weighted by atomic mass is 9.91. The molecule has 142 valence electrons. The van der Waals surface area contributed by atoms with Crippen molar-refractivity contribution in [2.24, 2.45) is 5.92 Å². The van der Waals surface area contributed by atoms with Crippen molar-refractivity contribution in [2.75, 3.05) is 13.1 Å². The molecule has 1 aromatic rings. The average molecular weight is 376 g/mol. The minimum atomic E-state index is -4.59. The first-order valence-electron chi connectivity index (χ1n) is 7.58. The lowest BCUT2D eigenvalue weighted by molar-refractivity contribution is -0.157. The highest BCUT2D eigenvalue weighted by molar-refractivity contribution is 5.93. The van der Waals surface area contributed by atoms with Crippen molar-refractivity contribution >= 4 is 17.8 Å². The van der Waals surface area contributed by atoms with Crippen LogP contribution >= 0.6 is 0 Å². The number of carboxylic acids is 1. The number of benzene rings is 1. The molecular weight excluding hydrogens is 360 g/mol. The summed E-state index contributed by atoms with van der Waals surface area (Å²) in [5.41, 5.74) is -1.85. The van der Waals surface area contributed by atoms with E-state index in [1.54, 1.807) is 0 Å². The van der Waals surface area contributed by atoms with Gasteiger partial charge in [0.2, 0.25) is 11.8 Å². The van der Waals surface area contributed by atoms with Crippen molar-refractivity contribution in [3.63, 3.8) is 0 Å². The number of rotatable bonds is 5. The average Bonchev–Trinajstić information content (AvgIpc) is 2.86. The van der Waals surface area contributed by atoms with Crippen molar-refractivity contribution in [2.45, 2.75) is 25.1 Å². The van der Waals surface area contributed by atoms with Gasteiger partial charge in [-0.1, -0.05) is 12.1 Å². The number of carboxylic acid groups (broad SMARTS) is 1. The van der Waals surface area contributed by atoms with E-state index >= 15 is 0 Å². The molecule has 0 saturated carbocycles. The van der Waals surface area contributed by atoms with Crippen molar-refractivity contribution in [1.29, 1.82) is 0 Å². The third kappa shape index (κ3) is 4.30. The lowest BCUT2D eigenvalue weighted by Gasteiger charge is -2.28. The van der Waals surface area contributed by atoms with E-state index in [0.29, 0.717) is 4.90 Å². The minimum Gasteiger partial charge on any atom is -0.479 e. The van der Waals surface area contributed by atoms with Crippen LogP contribution in [0, 0.1) is 11.7 Å². The lowest BCUT2D eigenvalue weighted by Crippen LogP contribution is -2.51. The Balaban J connectivity index is 2.15. The van der Waals surface area contributed by atoms with Crippen LogP contribution < -0.4 is 5.32 Å². The number of carbonyl (C=O) groups excluding carboxylic acids is 2. The normalized spacial score (nSPS) is 20.0. The molecule has 0 aliphatic carbocycles. The van der Waals surface area contributed by atoms with Gasteiger partial charge in [0.15, 0.2) is 5.54 Å². The third-order valence-corrected chi connectivity index (χ3v) is 4.18. The van der Waals surface area contributed by atoms with Gasteiger partial charge in [-0.25, -0.2) is 9.18 Å². The number of halogens is 4. The summed E-state index contributed by atoms with van der Waals surface area (Å²) in [6, 6.07) is 4.40. The molecule has 2 atom stereocenters. The van der Waals surface area contributed by atoms with Crippen LogP contribution in [0.5, 0.6) is 0 Å². The molecule has 1 aliphatic heterocycles. The number of hydrogen-bond acceptors (Lipinski definition) is 3. The highest BCUT2D eigenvalue weighted by atomic mass is 19.4. The topological polar surface area (TPSA) is 86.7 Å². The molecular formula is C16H16F4N2O4. The van der Waals surface area contributed by atoms with E-state index in [4.69, 9.17) is 0 Å². The van der Waals surface area contributed by atoms with Gasteiger partial charge in [-0.05, 0) is 24.6 Å². The SMILES string of the molecule is CC(NC(=O)C1CC(=O)N(CC(F)(F)F)C1)(C(=O)O)c1ccc(F)cc1. The molecule has 2 N–H and O–H groups in total. The molecule has 0 aromatic heterocycles. The monoisotopic (exact) mass is 376 g/mol. The quantitative estimate of drug-likeness (QED) is 0.766. The molecule has 0 bridgehead atoms. The van der Waals surface area contributed by atoms with Gasteiger partial charge in [0, 0.05) is 13.0 Å². The Morgan fingerprint density at radius 3 is 2.35 bits per heavy atom. The van der Waals surface area contributed by atoms with E-state index < -0.39 is 60.7 Å². The zero-order valence-electron chi connectivity index (χ0n) is 13.6. The molecule has 2 rings (SSSR count). The molecule has 10 heteroatoms. The fourth-order valence-corrected chi connectivity index (χ4v) is 2.70. The Kier molecular flexibility index (Phi) is 5.24. The molecule has 1 aliphatic rings. The predicted molar refractivity (Wildman–Crippen MR) is 80.3 cm³/mol. The van der Waals surface area contributed by atoms with Crippen LogP contribution in [0.15, 0.2) is 24.3 Å². The van der Waals surface area contributed by atoms with Crippen LogP contribution in [-0.4, -0.2) is 47.1 Å². The Morgan fingerprint density at radius 1 is 1.27 bits per heavy atom. The molecule has 1 fully saturated rings. The van der Waals surface area contributed by atoms with Gasteiger partial charge in [0.25, 0.3) is 0 Å². The summed E-state index contributed by atoms with van der Waals surface area (Å²) in [5, 5.41) is 11.7. The fraction of sp³-hybridized carbons (Fsp3) is 0.438. The first-order valence-corrected chi connectivity index (χ1v) is 7.58. The summed E-state index contributed by atoms with van der Waals surface area (Å²) in [6.07, 6.45) is -5.04. The minimum absolute atomic E-state index is 0.0798. The highest BCUT2D eigenvalue weighted by Crippen LogP contribution is 2.27. The number of nitrogens with zero attached hydrogens (tertiary/aromatic N) is 1. The standard InChI is InChI=1S/C16H16F4N2O4/c1-15(14(25)26,10-2-4-11(17)5-3-10)21-13(24)9-6-12(23)22(7-9)8-16(18,19)20/h2-5,9H,6-8H2,1H3,(H,21,24)(H,25,26). The smallest absolute Gasteiger partial charge is 0.406 e. The summed E-state index contributed by atoms with van der Waals surface area (Å²) in [6.45, 7) is -0.752. The van der Waals surface area contributed by atoms with Crippen LogP contribution in [0.1, 0.15) is 18.9 Å². The second-order valence-corrected chi connectivity index (χ2v) is 6.22. The molecule has 6 nitrogen and oxygen atoms in total. The first kappa shape index (κ1) is 19.7. The number of alkyl halides is 3. The maximum Gasteiger partial charge on any atom is 0.406 e. The molecule has 1 heterocycles. The van der Waals surface area contributed by atoms with Crippen molar-refractivity contribution in [3.8, 4) is 0 Å². The number of nitrogens with one attached hydrogen (secondary N) is 1. The van der Waals surface area contributed by atoms with Crippen LogP contribution in [0.2, 0.25) is 0 Å². The molecule has 1 saturated heterocycles. The highest BCUT2D eigenvalue weighted by Gasteiger charge is 2.44. The van der Waals surface area contributed by atoms with Crippen LogP contribution in [0.4, 0.5) is 17.6 Å². The van der Waals surface area contributed by atoms with E-state index in [-0.39, 0.29) is 5.56 Å². The summed E-state index contributed by atoms with van der Waals surface area (Å²) in [4.78, 5) is 36.2. The Morgan fingerprint density at radius 2 is 1.85 bits per heavy atom. The maximum atomic E-state index is 13.0. The maximum absolute atomic E-state index is 13.0. The van der Waals surface area contributed by atoms with Gasteiger partial charge in [-0.2, -0.15) is 13.2 Å². The largest absolute Gasteiger partial charge is 0.479 e. The van der Waals surface area contributed by atoms with Crippen LogP contribution in [0.3, 0.4) is 0 Å². The van der Waals surface area contributed by atoms with Gasteiger partial charge < -0.3 is 15.3 Å². The molecule has 0 spiro atoms. The van der Waals surface area contributed by atoms with Crippen molar-refractivity contribution in [3.05, 3.63) is 35.6 Å². The Bertz CT molecular complexity index is 720. The molecule has 26 heavy (non-hydrogen) atoms. The number of hydrogen-bond donors (Lipinski definition) is 2. The fourth-order valence-electron chi connectivity index (χ4n) is 2.70. The second kappa shape index (κ2) is 6.93. The molecule has 2 amide bonds. The summed E-state index contributed by atoms with van der Waals surface area (Å²) >= 11 is 0. The second-order valence-electron chi connectivity index (χ2n) is 6.22. The zero-order valence-corrected chi connectivity index (χ0v) is 13.6. The van der Waals surface area contributed by atoms with Gasteiger partial charge in [-0.3, -0.25) is 9.59 Å². The summed E-state index contributed by atoms with van der Waals surface area (Å²) in [7, 11) is 0. The van der Waals surface area contributed by atoms with Gasteiger partial charge in [0.05, 0.1) is 5.92 Å². The van der Waals surface area contributed by atoms with E-state index in [1.807, 2.05) is 0 Å². The molecule has 0 radical (unpaired) electrons. The number of carbonyl (C=O) groups is 3. The van der Waals surface area contributed by atoms with E-state index in [1.165, 1.54) is 19.1 Å². The van der Waals surface area contributed by atoms with Gasteiger partial charge in [0.1, 0.15) is 12.4 Å². The van der Waals surface area contributed by atoms with Gasteiger partial charge >= 0.3 is 12.1 Å². The van der Waals surface area contributed by atoms with Crippen LogP contribution in [-0.2, 0) is 19.9 Å². The molecule has 1 aromatic carbocycles. The zero-order chi connectivity index (χ0) is 19.7. The summed E-state index contributed by atoms with van der Waals surface area (Å²) < 4.78 is 50.3.